The van der Waals surface area contributed by atoms with E-state index in [-0.39, 0.29) is 5.41 Å². The van der Waals surface area contributed by atoms with E-state index in [4.69, 9.17) is 0 Å². The fourth-order valence-corrected chi connectivity index (χ4v) is 5.25. The first-order chi connectivity index (χ1) is 7.68. The Morgan fingerprint density at radius 3 is 2.24 bits per heavy atom. The van der Waals surface area contributed by atoms with Gasteiger partial charge in [-0.3, -0.25) is 4.55 Å². The predicted octanol–water partition coefficient (Wildman–Crippen LogP) is 3.12. The summed E-state index contributed by atoms with van der Waals surface area (Å²) in [6, 6.07) is 0. The van der Waals surface area contributed by atoms with E-state index in [2.05, 4.69) is 0 Å². The van der Waals surface area contributed by atoms with Gasteiger partial charge in [0.25, 0.3) is 10.1 Å². The topological polar surface area (TPSA) is 54.4 Å². The standard InChI is InChI=1S/C13H24O3S/c1-13(2,3)12(17(14,15)16)8-11-7-9-4-5-10(11)6-9/h9-12H,4-8H2,1-3H3,(H,14,15,16). The van der Waals surface area contributed by atoms with E-state index in [9.17, 15) is 13.0 Å². The van der Waals surface area contributed by atoms with Gasteiger partial charge in [0.1, 0.15) is 0 Å². The van der Waals surface area contributed by atoms with Crippen molar-refractivity contribution in [2.45, 2.75) is 58.1 Å². The lowest BCUT2D eigenvalue weighted by molar-refractivity contribution is 0.252. The van der Waals surface area contributed by atoms with Gasteiger partial charge in [-0.15, -0.1) is 0 Å². The van der Waals surface area contributed by atoms with Crippen LogP contribution in [-0.2, 0) is 10.1 Å². The molecule has 17 heavy (non-hydrogen) atoms. The molecule has 4 heteroatoms. The van der Waals surface area contributed by atoms with Crippen LogP contribution in [0.3, 0.4) is 0 Å². The van der Waals surface area contributed by atoms with Crippen molar-refractivity contribution in [3.05, 3.63) is 0 Å². The van der Waals surface area contributed by atoms with Crippen molar-refractivity contribution >= 4 is 10.1 Å². The van der Waals surface area contributed by atoms with E-state index in [0.717, 1.165) is 5.92 Å². The lowest BCUT2D eigenvalue weighted by Gasteiger charge is -2.32. The molecule has 100 valence electrons. The molecule has 0 aliphatic heterocycles. The molecule has 0 spiro atoms. The molecule has 3 nitrogen and oxygen atoms in total. The van der Waals surface area contributed by atoms with Crippen LogP contribution >= 0.6 is 0 Å². The van der Waals surface area contributed by atoms with Gasteiger partial charge in [0.05, 0.1) is 5.25 Å². The Morgan fingerprint density at radius 2 is 1.88 bits per heavy atom. The van der Waals surface area contributed by atoms with Crippen LogP contribution in [0.5, 0.6) is 0 Å². The summed E-state index contributed by atoms with van der Waals surface area (Å²) in [5.41, 5.74) is -0.380. The van der Waals surface area contributed by atoms with Gasteiger partial charge >= 0.3 is 0 Å². The molecule has 4 unspecified atom stereocenters. The van der Waals surface area contributed by atoms with Gasteiger partial charge in [0.15, 0.2) is 0 Å². The molecule has 0 aromatic rings. The molecule has 1 N–H and O–H groups in total. The average molecular weight is 260 g/mol. The highest BCUT2D eigenvalue weighted by molar-refractivity contribution is 7.86. The summed E-state index contributed by atoms with van der Waals surface area (Å²) in [4.78, 5) is 0. The van der Waals surface area contributed by atoms with Crippen molar-refractivity contribution < 1.29 is 13.0 Å². The number of hydrogen-bond donors (Lipinski definition) is 1. The average Bonchev–Trinajstić information content (AvgIpc) is 2.70. The second-order valence-corrected chi connectivity index (χ2v) is 8.64. The van der Waals surface area contributed by atoms with Crippen molar-refractivity contribution in [3.8, 4) is 0 Å². The third kappa shape index (κ3) is 2.84. The van der Waals surface area contributed by atoms with Gasteiger partial charge in [-0.1, -0.05) is 27.2 Å². The maximum Gasteiger partial charge on any atom is 0.268 e. The quantitative estimate of drug-likeness (QED) is 0.793. The van der Waals surface area contributed by atoms with E-state index < -0.39 is 15.4 Å². The Kier molecular flexibility index (Phi) is 3.32. The smallest absolute Gasteiger partial charge is 0.268 e. The van der Waals surface area contributed by atoms with E-state index in [0.29, 0.717) is 18.3 Å². The van der Waals surface area contributed by atoms with Crippen molar-refractivity contribution in [3.63, 3.8) is 0 Å². The molecule has 2 bridgehead atoms. The van der Waals surface area contributed by atoms with Crippen molar-refractivity contribution in [1.29, 1.82) is 0 Å². The maximum absolute atomic E-state index is 11.5. The molecule has 2 aliphatic rings. The zero-order valence-corrected chi connectivity index (χ0v) is 11.8. The molecular formula is C13H24O3S. The largest absolute Gasteiger partial charge is 0.285 e. The van der Waals surface area contributed by atoms with Crippen LogP contribution in [0, 0.1) is 23.2 Å². The van der Waals surface area contributed by atoms with E-state index in [1.54, 1.807) is 0 Å². The normalized spacial score (nSPS) is 35.2. The fourth-order valence-electron chi connectivity index (χ4n) is 3.86. The Hall–Kier alpha value is -0.0900. The Bertz CT molecular complexity index is 380. The van der Waals surface area contributed by atoms with Crippen LogP contribution in [0.2, 0.25) is 0 Å². The first kappa shape index (κ1) is 13.3. The molecule has 0 radical (unpaired) electrons. The van der Waals surface area contributed by atoms with Crippen LogP contribution in [0.25, 0.3) is 0 Å². The first-order valence-corrected chi connectivity index (χ1v) is 8.14. The van der Waals surface area contributed by atoms with Crippen molar-refractivity contribution in [2.75, 3.05) is 0 Å². The van der Waals surface area contributed by atoms with E-state index >= 15 is 0 Å². The predicted molar refractivity (Wildman–Crippen MR) is 68.3 cm³/mol. The second-order valence-electron chi connectivity index (χ2n) is 7.04. The summed E-state index contributed by atoms with van der Waals surface area (Å²) in [6.45, 7) is 5.70. The van der Waals surface area contributed by atoms with E-state index in [1.807, 2.05) is 20.8 Å². The Labute approximate surface area is 105 Å². The molecule has 0 aromatic carbocycles. The highest BCUT2D eigenvalue weighted by Gasteiger charge is 2.44. The van der Waals surface area contributed by atoms with Crippen molar-refractivity contribution in [1.82, 2.24) is 0 Å². The number of rotatable bonds is 3. The highest BCUT2D eigenvalue weighted by Crippen LogP contribution is 2.51. The minimum Gasteiger partial charge on any atom is -0.285 e. The second kappa shape index (κ2) is 4.23. The molecule has 2 rings (SSSR count). The molecule has 4 atom stereocenters. The lowest BCUT2D eigenvalue weighted by atomic mass is 9.80. The fraction of sp³-hybridized carbons (Fsp3) is 1.00. The summed E-state index contributed by atoms with van der Waals surface area (Å²) in [5, 5.41) is -0.612. The SMILES string of the molecule is CC(C)(C)C(CC1CC2CCC1C2)S(=O)(=O)O. The molecule has 0 aromatic heterocycles. The summed E-state index contributed by atoms with van der Waals surface area (Å²) < 4.78 is 32.5. The van der Waals surface area contributed by atoms with Gasteiger partial charge in [0.2, 0.25) is 0 Å². The van der Waals surface area contributed by atoms with Crippen molar-refractivity contribution in [2.24, 2.45) is 23.2 Å². The Morgan fingerprint density at radius 1 is 1.24 bits per heavy atom. The molecular weight excluding hydrogens is 236 g/mol. The summed E-state index contributed by atoms with van der Waals surface area (Å²) in [7, 11) is -3.93. The zero-order valence-electron chi connectivity index (χ0n) is 11.0. The highest BCUT2D eigenvalue weighted by atomic mass is 32.2. The monoisotopic (exact) mass is 260 g/mol. The van der Waals surface area contributed by atoms with Gasteiger partial charge in [0, 0.05) is 0 Å². The molecule has 0 saturated heterocycles. The third-order valence-corrected chi connectivity index (χ3v) is 6.35. The number of hydrogen-bond acceptors (Lipinski definition) is 2. The minimum absolute atomic E-state index is 0.380. The van der Waals surface area contributed by atoms with Crippen LogP contribution in [0.1, 0.15) is 52.9 Å². The van der Waals surface area contributed by atoms with Gasteiger partial charge in [-0.25, -0.2) is 0 Å². The van der Waals surface area contributed by atoms with Crippen LogP contribution in [-0.4, -0.2) is 18.2 Å². The van der Waals surface area contributed by atoms with Gasteiger partial charge in [-0.05, 0) is 48.9 Å². The maximum atomic E-state index is 11.5. The zero-order chi connectivity index (χ0) is 12.8. The molecule has 2 saturated carbocycles. The molecule has 2 fully saturated rings. The molecule has 2 aliphatic carbocycles. The van der Waals surface area contributed by atoms with Gasteiger partial charge in [-0.2, -0.15) is 8.42 Å². The minimum atomic E-state index is -3.93. The summed E-state index contributed by atoms with van der Waals surface area (Å²) >= 11 is 0. The molecule has 0 amide bonds. The first-order valence-electron chi connectivity index (χ1n) is 6.64. The summed E-state index contributed by atoms with van der Waals surface area (Å²) in [5.74, 6) is 2.05. The third-order valence-electron chi connectivity index (χ3n) is 4.73. The molecule has 0 heterocycles. The summed E-state index contributed by atoms with van der Waals surface area (Å²) in [6.07, 6.45) is 5.69. The Balaban J connectivity index is 2.09. The van der Waals surface area contributed by atoms with E-state index in [1.165, 1.54) is 25.7 Å². The van der Waals surface area contributed by atoms with Crippen LogP contribution in [0.4, 0.5) is 0 Å². The van der Waals surface area contributed by atoms with Crippen LogP contribution in [0.15, 0.2) is 0 Å². The van der Waals surface area contributed by atoms with Gasteiger partial charge < -0.3 is 0 Å². The van der Waals surface area contributed by atoms with Crippen LogP contribution < -0.4 is 0 Å². The lowest BCUT2D eigenvalue weighted by Crippen LogP contribution is -2.36. The number of fused-ring (bicyclic) bond motifs is 2.